The Hall–Kier alpha value is -3.37. The molecule has 0 amide bonds. The van der Waals surface area contributed by atoms with Crippen molar-refractivity contribution in [2.45, 2.75) is 63.7 Å². The first-order valence-electron chi connectivity index (χ1n) is 16.3. The Bertz CT molecular complexity index is 1700. The van der Waals surface area contributed by atoms with Crippen molar-refractivity contribution >= 4 is 27.6 Å². The molecular formula is C34H41F2N7O. The van der Waals surface area contributed by atoms with Gasteiger partial charge in [-0.15, -0.1) is 0 Å². The molecule has 1 aliphatic carbocycles. The minimum Gasteiger partial charge on any atom is -0.485 e. The van der Waals surface area contributed by atoms with Crippen LogP contribution in [0.5, 0.6) is 5.75 Å². The number of alkyl halides is 2. The lowest BCUT2D eigenvalue weighted by Gasteiger charge is -2.48. The van der Waals surface area contributed by atoms with E-state index in [1.54, 1.807) is 0 Å². The van der Waals surface area contributed by atoms with E-state index in [9.17, 15) is 8.78 Å². The SMILES string of the molecule is Cc1ccc2[nH]ncc2c1-c1c(C2CC2)cc2c(N3CCC4(CC3)CNC4)nc(C3CCN(C)CC3)nc2c1OCC(F)F. The lowest BCUT2D eigenvalue weighted by Crippen LogP contribution is -2.58. The number of piperidine rings is 2. The van der Waals surface area contributed by atoms with E-state index in [1.807, 2.05) is 12.3 Å². The highest BCUT2D eigenvalue weighted by atomic mass is 19.3. The normalized spacial score (nSPS) is 21.1. The van der Waals surface area contributed by atoms with Gasteiger partial charge in [-0.1, -0.05) is 6.07 Å². The summed E-state index contributed by atoms with van der Waals surface area (Å²) >= 11 is 0. The first-order valence-corrected chi connectivity index (χ1v) is 16.3. The smallest absolute Gasteiger partial charge is 0.272 e. The highest BCUT2D eigenvalue weighted by Crippen LogP contribution is 2.53. The molecular weight excluding hydrogens is 560 g/mol. The third kappa shape index (κ3) is 4.90. The molecule has 232 valence electrons. The lowest BCUT2D eigenvalue weighted by molar-refractivity contribution is 0.0828. The molecule has 3 aliphatic heterocycles. The van der Waals surface area contributed by atoms with Gasteiger partial charge in [-0.25, -0.2) is 18.7 Å². The first kappa shape index (κ1) is 28.1. The third-order valence-corrected chi connectivity index (χ3v) is 10.6. The molecule has 1 saturated carbocycles. The molecule has 10 heteroatoms. The molecule has 8 rings (SSSR count). The molecule has 0 unspecified atom stereocenters. The Morgan fingerprint density at radius 3 is 2.43 bits per heavy atom. The van der Waals surface area contributed by atoms with E-state index >= 15 is 0 Å². The van der Waals surface area contributed by atoms with E-state index in [1.165, 1.54) is 0 Å². The number of rotatable bonds is 7. The summed E-state index contributed by atoms with van der Waals surface area (Å²) in [5.41, 5.74) is 6.05. The lowest BCUT2D eigenvalue weighted by atomic mass is 9.73. The van der Waals surface area contributed by atoms with Gasteiger partial charge in [0.25, 0.3) is 6.43 Å². The van der Waals surface area contributed by atoms with Gasteiger partial charge < -0.3 is 19.9 Å². The number of aryl methyl sites for hydroxylation is 1. The van der Waals surface area contributed by atoms with Crippen LogP contribution in [0.4, 0.5) is 14.6 Å². The summed E-state index contributed by atoms with van der Waals surface area (Å²) in [6.45, 7) is 7.42. The average Bonchev–Trinajstić information content (AvgIpc) is 3.75. The van der Waals surface area contributed by atoms with Crippen molar-refractivity contribution < 1.29 is 13.5 Å². The molecule has 5 heterocycles. The molecule has 1 spiro atoms. The zero-order valence-electron chi connectivity index (χ0n) is 25.6. The standard InChI is InChI=1S/C34H41F2N7O/c1-20-3-6-26-25(16-38-41-26)28(20)29-23(21-4-5-21)15-24-30(31(29)44-17-27(35)36)39-32(22-7-11-42(2)12-8-22)40-33(24)43-13-9-34(10-14-43)18-37-19-34/h3,6,15-16,21-22,27,37H,4-5,7-14,17-19H2,1-2H3,(H,38,41). The van der Waals surface area contributed by atoms with Gasteiger partial charge in [-0.3, -0.25) is 5.10 Å². The Morgan fingerprint density at radius 1 is 0.977 bits per heavy atom. The molecule has 44 heavy (non-hydrogen) atoms. The fraction of sp³-hybridized carbons (Fsp3) is 0.559. The highest BCUT2D eigenvalue weighted by Gasteiger charge is 2.41. The van der Waals surface area contributed by atoms with E-state index in [0.29, 0.717) is 22.6 Å². The van der Waals surface area contributed by atoms with Crippen LogP contribution < -0.4 is 15.0 Å². The molecule has 2 aromatic carbocycles. The second-order valence-corrected chi connectivity index (χ2v) is 13.7. The van der Waals surface area contributed by atoms with Crippen LogP contribution >= 0.6 is 0 Å². The Labute approximate surface area is 256 Å². The van der Waals surface area contributed by atoms with Crippen molar-refractivity contribution in [1.82, 2.24) is 30.4 Å². The summed E-state index contributed by atoms with van der Waals surface area (Å²) in [7, 11) is 2.16. The van der Waals surface area contributed by atoms with Crippen LogP contribution in [0, 0.1) is 12.3 Å². The van der Waals surface area contributed by atoms with E-state index < -0.39 is 13.0 Å². The number of anilines is 1. The number of nitrogens with one attached hydrogen (secondary N) is 2. The van der Waals surface area contributed by atoms with Gasteiger partial charge in [0.05, 0.1) is 11.7 Å². The van der Waals surface area contributed by atoms with Crippen molar-refractivity contribution in [3.63, 3.8) is 0 Å². The molecule has 0 bridgehead atoms. The number of fused-ring (bicyclic) bond motifs is 2. The summed E-state index contributed by atoms with van der Waals surface area (Å²) in [4.78, 5) is 15.4. The number of hydrogen-bond donors (Lipinski definition) is 2. The largest absolute Gasteiger partial charge is 0.485 e. The second kappa shape index (κ2) is 10.9. The fourth-order valence-corrected chi connectivity index (χ4v) is 7.69. The maximum atomic E-state index is 13.9. The number of H-pyrrole nitrogens is 1. The number of benzene rings is 2. The van der Waals surface area contributed by atoms with Crippen LogP contribution in [0.2, 0.25) is 0 Å². The molecule has 0 radical (unpaired) electrons. The van der Waals surface area contributed by atoms with Crippen molar-refractivity contribution in [1.29, 1.82) is 0 Å². The van der Waals surface area contributed by atoms with Crippen LogP contribution in [0.3, 0.4) is 0 Å². The fourth-order valence-electron chi connectivity index (χ4n) is 7.69. The zero-order chi connectivity index (χ0) is 30.0. The molecule has 2 N–H and O–H groups in total. The van der Waals surface area contributed by atoms with E-state index in [2.05, 4.69) is 51.4 Å². The van der Waals surface area contributed by atoms with Gasteiger partial charge in [0.15, 0.2) is 5.75 Å². The van der Waals surface area contributed by atoms with Crippen LogP contribution in [0.15, 0.2) is 24.4 Å². The third-order valence-electron chi connectivity index (χ3n) is 10.6. The van der Waals surface area contributed by atoms with Gasteiger partial charge in [0.1, 0.15) is 23.8 Å². The minimum absolute atomic E-state index is 0.217. The first-order chi connectivity index (χ1) is 21.4. The Morgan fingerprint density at radius 2 is 1.75 bits per heavy atom. The predicted octanol–water partition coefficient (Wildman–Crippen LogP) is 6.00. The summed E-state index contributed by atoms with van der Waals surface area (Å²) in [6.07, 6.45) is 5.57. The van der Waals surface area contributed by atoms with E-state index in [0.717, 1.165) is 128 Å². The Kier molecular flexibility index (Phi) is 6.97. The van der Waals surface area contributed by atoms with Gasteiger partial charge in [-0.2, -0.15) is 5.10 Å². The van der Waals surface area contributed by atoms with Gasteiger partial charge >= 0.3 is 0 Å². The maximum absolute atomic E-state index is 13.9. The summed E-state index contributed by atoms with van der Waals surface area (Å²) in [5, 5.41) is 12.8. The monoisotopic (exact) mass is 601 g/mol. The molecule has 8 nitrogen and oxygen atoms in total. The molecule has 0 atom stereocenters. The number of likely N-dealkylation sites (tertiary alicyclic amines) is 1. The molecule has 3 saturated heterocycles. The quantitative estimate of drug-likeness (QED) is 0.269. The number of halogens is 2. The maximum Gasteiger partial charge on any atom is 0.272 e. The average molecular weight is 602 g/mol. The van der Waals surface area contributed by atoms with Crippen LogP contribution in [-0.2, 0) is 0 Å². The van der Waals surface area contributed by atoms with Crippen LogP contribution in [0.25, 0.3) is 32.9 Å². The van der Waals surface area contributed by atoms with Gasteiger partial charge in [0.2, 0.25) is 0 Å². The van der Waals surface area contributed by atoms with Crippen molar-refractivity contribution in [3.05, 3.63) is 41.3 Å². The van der Waals surface area contributed by atoms with Crippen LogP contribution in [-0.4, -0.2) is 84.4 Å². The summed E-state index contributed by atoms with van der Waals surface area (Å²) in [6, 6.07) is 6.37. The van der Waals surface area contributed by atoms with Crippen LogP contribution in [0.1, 0.15) is 67.3 Å². The minimum atomic E-state index is -2.60. The van der Waals surface area contributed by atoms with E-state index in [4.69, 9.17) is 14.7 Å². The molecule has 4 aromatic rings. The Balaban J connectivity index is 1.37. The van der Waals surface area contributed by atoms with Crippen molar-refractivity contribution in [2.75, 3.05) is 57.8 Å². The highest BCUT2D eigenvalue weighted by molar-refractivity contribution is 6.06. The van der Waals surface area contributed by atoms with Gasteiger partial charge in [-0.05, 0) is 106 Å². The molecule has 4 fully saturated rings. The summed E-state index contributed by atoms with van der Waals surface area (Å²) in [5.74, 6) is 2.79. The number of ether oxygens (including phenoxy) is 1. The second-order valence-electron chi connectivity index (χ2n) is 13.7. The van der Waals surface area contributed by atoms with E-state index in [-0.39, 0.29) is 5.92 Å². The number of nitrogens with zero attached hydrogens (tertiary/aromatic N) is 5. The zero-order valence-corrected chi connectivity index (χ0v) is 25.6. The van der Waals surface area contributed by atoms with Crippen molar-refractivity contribution in [3.8, 4) is 16.9 Å². The van der Waals surface area contributed by atoms with Crippen molar-refractivity contribution in [2.24, 2.45) is 5.41 Å². The number of aromatic amines is 1. The molecule has 2 aromatic heterocycles. The summed E-state index contributed by atoms with van der Waals surface area (Å²) < 4.78 is 34.0. The molecule has 4 aliphatic rings. The topological polar surface area (TPSA) is 82.2 Å². The number of hydrogen-bond acceptors (Lipinski definition) is 7. The van der Waals surface area contributed by atoms with Gasteiger partial charge in [0, 0.05) is 48.4 Å². The number of aromatic nitrogens is 4. The predicted molar refractivity (Wildman–Crippen MR) is 169 cm³/mol.